The molecule has 0 saturated carbocycles. The van der Waals surface area contributed by atoms with Crippen molar-refractivity contribution in [3.05, 3.63) is 212 Å². The lowest BCUT2D eigenvalue weighted by Gasteiger charge is -2.30. The summed E-state index contributed by atoms with van der Waals surface area (Å²) in [6.45, 7) is 30.0. The van der Waals surface area contributed by atoms with Crippen LogP contribution in [-0.4, -0.2) is 99.2 Å². The summed E-state index contributed by atoms with van der Waals surface area (Å²) in [5.74, 6) is 3.22. The first kappa shape index (κ1) is 66.4. The number of hydrogen-bond acceptors (Lipinski definition) is 13. The predicted molar refractivity (Wildman–Crippen MR) is 360 cm³/mol. The van der Waals surface area contributed by atoms with Crippen molar-refractivity contribution in [1.29, 1.82) is 0 Å². The smallest absolute Gasteiger partial charge is 0.145 e. The maximum absolute atomic E-state index is 7.61. The zero-order valence-electron chi connectivity index (χ0n) is 56.2. The van der Waals surface area contributed by atoms with Crippen LogP contribution >= 0.6 is 0 Å². The first-order valence-electron chi connectivity index (χ1n) is 32.2. The lowest BCUT2D eigenvalue weighted by Crippen LogP contribution is -2.31. The summed E-state index contributed by atoms with van der Waals surface area (Å²) in [7, 11) is 3.61. The van der Waals surface area contributed by atoms with Gasteiger partial charge in [-0.05, 0) is 137 Å². The molecule has 0 saturated heterocycles. The predicted octanol–water partition coefficient (Wildman–Crippen LogP) is 15.5. The maximum atomic E-state index is 7.61. The third-order valence-corrected chi connectivity index (χ3v) is 16.9. The molecular formula is C78H94N4O9. The Bertz CT molecular complexity index is 3630. The molecule has 2 aliphatic heterocycles. The molecular weight excluding hydrogens is 1140 g/mol. The summed E-state index contributed by atoms with van der Waals surface area (Å²) in [6.07, 6.45) is 4.53. The van der Waals surface area contributed by atoms with Crippen LogP contribution < -0.4 is 18.9 Å². The number of fused-ring (bicyclic) bond motifs is 12. The summed E-state index contributed by atoms with van der Waals surface area (Å²) < 4.78 is 61.2. The number of aromatic nitrogens is 4. The van der Waals surface area contributed by atoms with E-state index in [0.29, 0.717) is 45.5 Å². The van der Waals surface area contributed by atoms with Crippen molar-refractivity contribution in [2.75, 3.05) is 67.1 Å². The lowest BCUT2D eigenvalue weighted by atomic mass is 9.79. The first-order chi connectivity index (χ1) is 43.5. The van der Waals surface area contributed by atoms with Gasteiger partial charge in [0.15, 0.2) is 0 Å². The summed E-state index contributed by atoms with van der Waals surface area (Å²) >= 11 is 0. The zero-order valence-corrected chi connectivity index (χ0v) is 56.2. The van der Waals surface area contributed by atoms with Crippen molar-refractivity contribution < 1.29 is 42.6 Å². The number of methoxy groups -OCH3 is 2. The van der Waals surface area contributed by atoms with Crippen LogP contribution in [0.25, 0.3) is 22.8 Å². The van der Waals surface area contributed by atoms with Crippen molar-refractivity contribution in [2.45, 2.75) is 156 Å². The highest BCUT2D eigenvalue weighted by Crippen LogP contribution is 2.45. The van der Waals surface area contributed by atoms with Crippen molar-refractivity contribution in [3.63, 3.8) is 0 Å². The van der Waals surface area contributed by atoms with Crippen LogP contribution in [0.4, 0.5) is 0 Å². The van der Waals surface area contributed by atoms with Crippen molar-refractivity contribution >= 4 is 0 Å². The summed E-state index contributed by atoms with van der Waals surface area (Å²) in [5.41, 5.74) is 16.9. The van der Waals surface area contributed by atoms with Gasteiger partial charge in [0, 0.05) is 38.1 Å². The number of ether oxygens (including phenoxy) is 9. The van der Waals surface area contributed by atoms with Crippen LogP contribution in [0.2, 0.25) is 0 Å². The van der Waals surface area contributed by atoms with Crippen LogP contribution in [0.5, 0.6) is 23.0 Å². The highest BCUT2D eigenvalue weighted by molar-refractivity contribution is 5.61. The second kappa shape index (κ2) is 29.0. The average molecular weight is 1230 g/mol. The molecule has 3 aliphatic rings. The highest BCUT2D eigenvalue weighted by atomic mass is 16.6. The van der Waals surface area contributed by atoms with Gasteiger partial charge >= 0.3 is 0 Å². The number of hydrogen-bond donors (Lipinski definition) is 0. The van der Waals surface area contributed by atoms with Gasteiger partial charge in [0.1, 0.15) is 41.8 Å². The first-order valence-corrected chi connectivity index (χ1v) is 32.2. The molecule has 0 N–H and O–H groups in total. The van der Waals surface area contributed by atoms with E-state index < -0.39 is 12.2 Å². The zero-order chi connectivity index (χ0) is 64.5. The molecule has 11 rings (SSSR count). The van der Waals surface area contributed by atoms with Gasteiger partial charge in [-0.25, -0.2) is 9.97 Å². The average Bonchev–Trinajstić information content (AvgIpc) is 0.829. The van der Waals surface area contributed by atoms with Crippen molar-refractivity contribution in [2.24, 2.45) is 0 Å². The normalized spacial score (nSPS) is 16.3. The molecule has 8 aromatic rings. The topological polar surface area (TPSA) is 135 Å². The van der Waals surface area contributed by atoms with E-state index >= 15 is 0 Å². The quantitative estimate of drug-likeness (QED) is 0.108. The monoisotopic (exact) mass is 1230 g/mol. The van der Waals surface area contributed by atoms with Crippen LogP contribution in [0.15, 0.2) is 134 Å². The van der Waals surface area contributed by atoms with Gasteiger partial charge in [-0.3, -0.25) is 9.97 Å². The van der Waals surface area contributed by atoms with Gasteiger partial charge in [0.25, 0.3) is 0 Å². The fourth-order valence-corrected chi connectivity index (χ4v) is 11.8. The molecule has 13 heteroatoms. The minimum atomic E-state index is -0.561. The molecule has 0 fully saturated rings. The number of rotatable bonds is 12. The molecule has 0 spiro atoms. The van der Waals surface area contributed by atoms with Crippen molar-refractivity contribution in [3.8, 4) is 45.8 Å². The molecule has 10 bridgehead atoms. The minimum Gasteiger partial charge on any atom is -0.496 e. The Kier molecular flexibility index (Phi) is 21.1. The third-order valence-electron chi connectivity index (χ3n) is 16.9. The van der Waals surface area contributed by atoms with Crippen LogP contribution in [0, 0.1) is 0 Å². The van der Waals surface area contributed by atoms with E-state index in [1.165, 1.54) is 22.3 Å². The SMILES string of the molecule is COc1c2cc(C(C)(C)C)cc1Cc1cc(C(C)(C)C)cc3c1O[C@@H](COCc1cccc(-c4ccccn4)n1)COCCOCCO[C@@H](COCc1cccc(-c4ccccn4)n1)COc1c(cc(C(C)(C)C)cc1Cc1cc(C(C)(C)C)cc(c1OC)C3)C2. The largest absolute Gasteiger partial charge is 0.496 e. The van der Waals surface area contributed by atoms with E-state index in [0.717, 1.165) is 102 Å². The van der Waals surface area contributed by atoms with Gasteiger partial charge in [-0.2, -0.15) is 0 Å². The molecule has 4 aromatic heterocycles. The highest BCUT2D eigenvalue weighted by Gasteiger charge is 2.31. The fourth-order valence-electron chi connectivity index (χ4n) is 11.8. The standard InChI is InChI=1S/C78H94N4O9/c1-75(2,3)59-37-51-33-55-41-61(77(7,8)9)42-56-34-52-38-60(76(4,5)6)40-54(72(52)84-14)36-58-44-62(78(10,11)12)43-57(35-53(39-59)71(51)83-13)74(58)91-66(49-88-46-64-22-20-26-70(82-64)68-24-16-18-28-80-68)48-86-30-29-85-31-32-89-65(50-90-73(55)56)47-87-45-63-21-19-25-69(81-63)67-23-15-17-27-79-67/h15-28,37-44,65-66H,29-36,45-50H2,1-14H3/t65-,66+/m0/s1. The number of nitrogens with zero attached hydrogens (tertiary/aromatic N) is 4. The van der Waals surface area contributed by atoms with Gasteiger partial charge in [0.2, 0.25) is 0 Å². The molecule has 2 atom stereocenters. The van der Waals surface area contributed by atoms with Crippen LogP contribution in [0.3, 0.4) is 0 Å². The van der Waals surface area contributed by atoms with Gasteiger partial charge in [0.05, 0.1) is 108 Å². The van der Waals surface area contributed by atoms with Gasteiger partial charge in [-0.1, -0.05) is 156 Å². The second-order valence-electron chi connectivity index (χ2n) is 28.3. The van der Waals surface area contributed by atoms with Crippen LogP contribution in [-0.2, 0) is 84.2 Å². The second-order valence-corrected chi connectivity index (χ2v) is 28.3. The Morgan fingerprint density at radius 2 is 0.791 bits per heavy atom. The Morgan fingerprint density at radius 1 is 0.407 bits per heavy atom. The maximum Gasteiger partial charge on any atom is 0.145 e. The Hall–Kier alpha value is -7.52. The Labute approximate surface area is 540 Å². The summed E-state index contributed by atoms with van der Waals surface area (Å²) in [6, 6.07) is 42.3. The van der Waals surface area contributed by atoms with E-state index in [1.807, 2.05) is 72.8 Å². The van der Waals surface area contributed by atoms with Gasteiger partial charge in [-0.15, -0.1) is 0 Å². The molecule has 0 amide bonds. The Morgan fingerprint density at radius 3 is 1.20 bits per heavy atom. The van der Waals surface area contributed by atoms with E-state index in [4.69, 9.17) is 52.6 Å². The molecule has 0 radical (unpaired) electrons. The summed E-state index contributed by atoms with van der Waals surface area (Å²) in [5, 5.41) is 0. The number of benzene rings is 4. The molecule has 480 valence electrons. The minimum absolute atomic E-state index is 0.191. The molecule has 6 heterocycles. The van der Waals surface area contributed by atoms with Crippen LogP contribution in [0.1, 0.15) is 161 Å². The lowest BCUT2D eigenvalue weighted by molar-refractivity contribution is -0.0654. The fraction of sp³-hybridized carbons (Fsp3) is 0.436. The summed E-state index contributed by atoms with van der Waals surface area (Å²) in [4.78, 5) is 19.0. The molecule has 1 aliphatic carbocycles. The van der Waals surface area contributed by atoms with E-state index in [-0.39, 0.29) is 67.9 Å². The van der Waals surface area contributed by atoms with E-state index in [1.54, 1.807) is 26.6 Å². The molecule has 0 unspecified atom stereocenters. The van der Waals surface area contributed by atoms with Gasteiger partial charge < -0.3 is 42.6 Å². The molecule has 13 nitrogen and oxygen atoms in total. The van der Waals surface area contributed by atoms with Crippen molar-refractivity contribution in [1.82, 2.24) is 19.9 Å². The molecule has 91 heavy (non-hydrogen) atoms. The molecule has 4 aromatic carbocycles. The van der Waals surface area contributed by atoms with E-state index in [9.17, 15) is 0 Å². The Balaban J connectivity index is 1.15. The third kappa shape index (κ3) is 17.2. The number of pyridine rings is 4. The van der Waals surface area contributed by atoms with E-state index in [2.05, 4.69) is 142 Å².